The maximum Gasteiger partial charge on any atom is 0.335 e. The number of halogens is 1. The Bertz CT molecular complexity index is 1950. The SMILES string of the molecule is O=C(Nc1cccc(SC(C(=O)Nc2cccc(C(=O)O)c2)c2ccccc2)c1)/C(=C\c1cccc(Br)c1)NC(=O)c1ccccc1. The summed E-state index contributed by atoms with van der Waals surface area (Å²) in [6.45, 7) is 0. The molecule has 5 rings (SSSR count). The summed E-state index contributed by atoms with van der Waals surface area (Å²) in [7, 11) is 0. The number of carbonyl (C=O) groups is 4. The first-order valence-corrected chi connectivity index (χ1v) is 16.0. The van der Waals surface area contributed by atoms with Gasteiger partial charge in [-0.1, -0.05) is 88.7 Å². The number of carboxylic acids is 1. The van der Waals surface area contributed by atoms with E-state index in [4.69, 9.17) is 0 Å². The Labute approximate surface area is 284 Å². The summed E-state index contributed by atoms with van der Waals surface area (Å²) in [6.07, 6.45) is 1.59. The average molecular weight is 707 g/mol. The fourth-order valence-corrected chi connectivity index (χ4v) is 6.03. The second kappa shape index (κ2) is 15.7. The smallest absolute Gasteiger partial charge is 0.335 e. The lowest BCUT2D eigenvalue weighted by Crippen LogP contribution is -2.30. The monoisotopic (exact) mass is 705 g/mol. The summed E-state index contributed by atoms with van der Waals surface area (Å²) in [5.74, 6) is -2.41. The van der Waals surface area contributed by atoms with Crippen molar-refractivity contribution >= 4 is 68.8 Å². The molecule has 0 aromatic heterocycles. The normalized spacial score (nSPS) is 11.6. The van der Waals surface area contributed by atoms with Gasteiger partial charge in [0, 0.05) is 26.3 Å². The molecule has 234 valence electrons. The van der Waals surface area contributed by atoms with Crippen LogP contribution in [0.15, 0.2) is 149 Å². The van der Waals surface area contributed by atoms with Crippen LogP contribution in [0.5, 0.6) is 0 Å². The fourth-order valence-electron chi connectivity index (χ4n) is 4.53. The van der Waals surface area contributed by atoms with E-state index in [9.17, 15) is 24.3 Å². The number of amides is 3. The van der Waals surface area contributed by atoms with Crippen LogP contribution in [0.4, 0.5) is 11.4 Å². The molecule has 0 aliphatic carbocycles. The Balaban J connectivity index is 1.38. The summed E-state index contributed by atoms with van der Waals surface area (Å²) >= 11 is 4.71. The molecule has 0 aliphatic heterocycles. The van der Waals surface area contributed by atoms with Crippen LogP contribution in [-0.4, -0.2) is 28.8 Å². The summed E-state index contributed by atoms with van der Waals surface area (Å²) in [6, 6.07) is 38.2. The van der Waals surface area contributed by atoms with Gasteiger partial charge in [0.1, 0.15) is 10.9 Å². The van der Waals surface area contributed by atoms with Crippen LogP contribution in [0, 0.1) is 0 Å². The first-order chi connectivity index (χ1) is 22.7. The molecule has 0 aliphatic rings. The number of carboxylic acid groups (broad SMARTS) is 1. The van der Waals surface area contributed by atoms with Crippen LogP contribution in [0.1, 0.15) is 37.1 Å². The molecule has 5 aromatic carbocycles. The van der Waals surface area contributed by atoms with Crippen molar-refractivity contribution in [3.63, 3.8) is 0 Å². The highest BCUT2D eigenvalue weighted by atomic mass is 79.9. The molecule has 0 radical (unpaired) electrons. The highest BCUT2D eigenvalue weighted by Crippen LogP contribution is 2.37. The number of nitrogens with one attached hydrogen (secondary N) is 3. The first-order valence-electron chi connectivity index (χ1n) is 14.4. The van der Waals surface area contributed by atoms with Crippen LogP contribution < -0.4 is 16.0 Å². The van der Waals surface area contributed by atoms with Crippen LogP contribution in [0.3, 0.4) is 0 Å². The molecule has 0 bridgehead atoms. The molecule has 0 spiro atoms. The zero-order chi connectivity index (χ0) is 33.2. The second-order valence-electron chi connectivity index (χ2n) is 10.2. The summed E-state index contributed by atoms with van der Waals surface area (Å²) < 4.78 is 0.816. The molecule has 5 aromatic rings. The van der Waals surface area contributed by atoms with Gasteiger partial charge in [-0.05, 0) is 77.9 Å². The van der Waals surface area contributed by atoms with Gasteiger partial charge in [0.05, 0.1) is 5.56 Å². The molecule has 0 saturated carbocycles. The minimum Gasteiger partial charge on any atom is -0.478 e. The average Bonchev–Trinajstić information content (AvgIpc) is 3.08. The number of anilines is 2. The maximum atomic E-state index is 13.6. The van der Waals surface area contributed by atoms with Crippen molar-refractivity contribution in [2.75, 3.05) is 10.6 Å². The van der Waals surface area contributed by atoms with Gasteiger partial charge >= 0.3 is 5.97 Å². The number of carbonyl (C=O) groups excluding carboxylic acids is 3. The Morgan fingerprint density at radius 3 is 2.02 bits per heavy atom. The van der Waals surface area contributed by atoms with Crippen molar-refractivity contribution in [1.29, 1.82) is 0 Å². The Kier molecular flexibility index (Phi) is 11.0. The van der Waals surface area contributed by atoms with Gasteiger partial charge in [0.25, 0.3) is 11.8 Å². The molecule has 0 saturated heterocycles. The van der Waals surface area contributed by atoms with E-state index in [0.717, 1.165) is 10.0 Å². The number of aromatic carboxylic acids is 1. The largest absolute Gasteiger partial charge is 0.478 e. The Hall–Kier alpha value is -5.45. The Morgan fingerprint density at radius 2 is 1.32 bits per heavy atom. The minimum absolute atomic E-state index is 0.0418. The first kappa shape index (κ1) is 32.9. The van der Waals surface area contributed by atoms with E-state index in [-0.39, 0.29) is 17.2 Å². The lowest BCUT2D eigenvalue weighted by atomic mass is 10.1. The number of hydrogen-bond acceptors (Lipinski definition) is 5. The molecular formula is C37H28BrN3O5S. The van der Waals surface area contributed by atoms with Crippen molar-refractivity contribution in [3.05, 3.63) is 166 Å². The van der Waals surface area contributed by atoms with Crippen LogP contribution in [0.2, 0.25) is 0 Å². The quantitative estimate of drug-likeness (QED) is 0.0815. The van der Waals surface area contributed by atoms with E-state index in [1.807, 2.05) is 60.7 Å². The van der Waals surface area contributed by atoms with Crippen molar-refractivity contribution in [2.24, 2.45) is 0 Å². The van der Waals surface area contributed by atoms with E-state index in [2.05, 4.69) is 31.9 Å². The van der Waals surface area contributed by atoms with Gasteiger partial charge in [-0.3, -0.25) is 14.4 Å². The second-order valence-corrected chi connectivity index (χ2v) is 12.3. The predicted molar refractivity (Wildman–Crippen MR) is 188 cm³/mol. The van der Waals surface area contributed by atoms with Gasteiger partial charge in [-0.2, -0.15) is 0 Å². The predicted octanol–water partition coefficient (Wildman–Crippen LogP) is 8.03. The van der Waals surface area contributed by atoms with Crippen molar-refractivity contribution in [3.8, 4) is 0 Å². The van der Waals surface area contributed by atoms with Crippen molar-refractivity contribution in [1.82, 2.24) is 5.32 Å². The summed E-state index contributed by atoms with van der Waals surface area (Å²) in [5, 5.41) is 17.1. The van der Waals surface area contributed by atoms with Gasteiger partial charge in [-0.25, -0.2) is 4.79 Å². The third-order valence-corrected chi connectivity index (χ3v) is 8.49. The van der Waals surface area contributed by atoms with Gasteiger partial charge in [0.15, 0.2) is 0 Å². The van der Waals surface area contributed by atoms with Crippen LogP contribution in [0.25, 0.3) is 6.08 Å². The van der Waals surface area contributed by atoms with Crippen LogP contribution in [-0.2, 0) is 9.59 Å². The number of thioether (sulfide) groups is 1. The van der Waals surface area contributed by atoms with Gasteiger partial charge in [0.2, 0.25) is 5.91 Å². The molecule has 47 heavy (non-hydrogen) atoms. The van der Waals surface area contributed by atoms with Crippen molar-refractivity contribution in [2.45, 2.75) is 10.1 Å². The molecule has 0 heterocycles. The topological polar surface area (TPSA) is 125 Å². The zero-order valence-electron chi connectivity index (χ0n) is 24.7. The third kappa shape index (κ3) is 9.29. The highest BCUT2D eigenvalue weighted by Gasteiger charge is 2.23. The molecule has 1 unspecified atom stereocenters. The molecular weight excluding hydrogens is 678 g/mol. The maximum absolute atomic E-state index is 13.6. The number of rotatable bonds is 11. The molecule has 8 nitrogen and oxygen atoms in total. The van der Waals surface area contributed by atoms with Gasteiger partial charge in [-0.15, -0.1) is 11.8 Å². The molecule has 3 amide bonds. The van der Waals surface area contributed by atoms with E-state index in [0.29, 0.717) is 27.4 Å². The summed E-state index contributed by atoms with van der Waals surface area (Å²) in [5.41, 5.74) is 2.76. The number of benzene rings is 5. The summed E-state index contributed by atoms with van der Waals surface area (Å²) in [4.78, 5) is 52.3. The number of hydrogen-bond donors (Lipinski definition) is 4. The van der Waals surface area contributed by atoms with E-state index in [1.165, 1.54) is 23.9 Å². The van der Waals surface area contributed by atoms with E-state index >= 15 is 0 Å². The fraction of sp³-hybridized carbons (Fsp3) is 0.0270. The Morgan fingerprint density at radius 1 is 0.681 bits per heavy atom. The lowest BCUT2D eigenvalue weighted by molar-refractivity contribution is -0.116. The zero-order valence-corrected chi connectivity index (χ0v) is 27.1. The van der Waals surface area contributed by atoms with E-state index in [1.54, 1.807) is 66.7 Å². The molecule has 1 atom stereocenters. The highest BCUT2D eigenvalue weighted by molar-refractivity contribution is 9.10. The molecule has 4 N–H and O–H groups in total. The lowest BCUT2D eigenvalue weighted by Gasteiger charge is -2.18. The van der Waals surface area contributed by atoms with E-state index < -0.39 is 23.0 Å². The van der Waals surface area contributed by atoms with Gasteiger partial charge < -0.3 is 21.1 Å². The molecule has 10 heteroatoms. The molecule has 0 fully saturated rings. The minimum atomic E-state index is -1.09. The van der Waals surface area contributed by atoms with Crippen molar-refractivity contribution < 1.29 is 24.3 Å². The standard InChI is InChI=1S/C37H28BrN3O5S/c38-28-16-7-10-24(20-28)21-32(41-34(42)26-13-5-2-6-14-26)35(43)39-30-18-9-19-31(23-30)47-33(25-11-3-1-4-12-25)36(44)40-29-17-8-15-27(22-29)37(45)46/h1-23,33H,(H,39,43)(H,40,44)(H,41,42)(H,45,46)/b32-21+. The van der Waals surface area contributed by atoms with Crippen LogP contribution >= 0.6 is 27.7 Å². The third-order valence-electron chi connectivity index (χ3n) is 6.75.